The van der Waals surface area contributed by atoms with Crippen LogP contribution in [0.1, 0.15) is 40.2 Å². The molecule has 1 atom stereocenters. The first-order valence-corrected chi connectivity index (χ1v) is 10.6. The summed E-state index contributed by atoms with van der Waals surface area (Å²) in [6.45, 7) is 13.1. The minimum Gasteiger partial charge on any atom is -1.00 e. The average Bonchev–Trinajstić information content (AvgIpc) is 3.05. The zero-order valence-electron chi connectivity index (χ0n) is 18.5. The summed E-state index contributed by atoms with van der Waals surface area (Å²) in [5.41, 5.74) is 5.81. The summed E-state index contributed by atoms with van der Waals surface area (Å²) in [6.07, 6.45) is 3.44. The van der Waals surface area contributed by atoms with Crippen LogP contribution < -0.4 is 35.4 Å². The van der Waals surface area contributed by atoms with Crippen LogP contribution in [0.2, 0.25) is 0 Å². The molecule has 0 fully saturated rings. The van der Waals surface area contributed by atoms with E-state index >= 15 is 0 Å². The van der Waals surface area contributed by atoms with Gasteiger partial charge in [0, 0.05) is 0 Å². The van der Waals surface area contributed by atoms with E-state index in [1.165, 1.54) is 43.7 Å². The summed E-state index contributed by atoms with van der Waals surface area (Å²) in [4.78, 5) is 0. The minimum atomic E-state index is 0. The minimum absolute atomic E-state index is 0. The van der Waals surface area contributed by atoms with E-state index in [0.717, 1.165) is 8.58 Å². The number of allylic oxidation sites excluding steroid dienone is 4. The SMILES string of the molecule is CC1=[C-]C(C)(C)C(C)=C1C.Cc1[cH-]c2ccccc2c1Pc1ccccc1.[Cl-].[Cl-].[Hf+4]. The van der Waals surface area contributed by atoms with Crippen LogP contribution in [0.15, 0.2) is 77.4 Å². The van der Waals surface area contributed by atoms with Crippen molar-refractivity contribution in [1.82, 2.24) is 0 Å². The number of aryl methyl sites for hydroxylation is 1. The second-order valence-electron chi connectivity index (χ2n) is 7.91. The van der Waals surface area contributed by atoms with Crippen molar-refractivity contribution in [1.29, 1.82) is 0 Å². The van der Waals surface area contributed by atoms with Gasteiger partial charge in [-0.3, -0.25) is 6.08 Å². The van der Waals surface area contributed by atoms with Crippen LogP contribution in [0.4, 0.5) is 0 Å². The normalized spacial score (nSPS) is 14.4. The monoisotopic (exact) mass is 622 g/mol. The van der Waals surface area contributed by atoms with Gasteiger partial charge in [0.2, 0.25) is 0 Å². The van der Waals surface area contributed by atoms with Crippen LogP contribution in [0, 0.1) is 18.4 Å². The first kappa shape index (κ1) is 29.4. The predicted octanol–water partition coefficient (Wildman–Crippen LogP) is 0.614. The first-order chi connectivity index (χ1) is 12.8. The number of benzene rings is 2. The van der Waals surface area contributed by atoms with Gasteiger partial charge >= 0.3 is 25.8 Å². The van der Waals surface area contributed by atoms with Crippen molar-refractivity contribution in [3.8, 4) is 0 Å². The third-order valence-corrected chi connectivity index (χ3v) is 7.14. The van der Waals surface area contributed by atoms with Gasteiger partial charge in [0.1, 0.15) is 0 Å². The summed E-state index contributed by atoms with van der Waals surface area (Å²) in [5.74, 6) is 0. The van der Waals surface area contributed by atoms with Gasteiger partial charge in [-0.1, -0.05) is 76.4 Å². The fourth-order valence-corrected chi connectivity index (χ4v) is 4.89. The molecule has 1 aliphatic carbocycles. The van der Waals surface area contributed by atoms with Crippen LogP contribution in [0.5, 0.6) is 0 Å². The van der Waals surface area contributed by atoms with Crippen molar-refractivity contribution >= 4 is 30.0 Å². The van der Waals surface area contributed by atoms with E-state index in [1.54, 1.807) is 0 Å². The molecule has 30 heavy (non-hydrogen) atoms. The van der Waals surface area contributed by atoms with Crippen molar-refractivity contribution in [3.05, 3.63) is 89.0 Å². The zero-order chi connectivity index (χ0) is 19.6. The maximum atomic E-state index is 3.44. The van der Waals surface area contributed by atoms with Crippen molar-refractivity contribution in [2.24, 2.45) is 5.41 Å². The summed E-state index contributed by atoms with van der Waals surface area (Å²) in [5, 5.41) is 5.68. The Morgan fingerprint density at radius 3 is 1.90 bits per heavy atom. The third kappa shape index (κ3) is 6.70. The zero-order valence-corrected chi connectivity index (χ0v) is 24.6. The fraction of sp³-hybridized carbons (Fsp3) is 0.269. The quantitative estimate of drug-likeness (QED) is 0.224. The molecule has 0 aromatic heterocycles. The maximum absolute atomic E-state index is 3.44. The topological polar surface area (TPSA) is 0 Å². The molecule has 156 valence electrons. The van der Waals surface area contributed by atoms with Crippen LogP contribution in [0.3, 0.4) is 0 Å². The average molecular weight is 622 g/mol. The molecule has 0 radical (unpaired) electrons. The van der Waals surface area contributed by atoms with E-state index in [4.69, 9.17) is 0 Å². The molecule has 3 aromatic rings. The Morgan fingerprint density at radius 1 is 0.833 bits per heavy atom. The van der Waals surface area contributed by atoms with Gasteiger partial charge < -0.3 is 24.8 Å². The molecule has 0 amide bonds. The Morgan fingerprint density at radius 2 is 1.40 bits per heavy atom. The number of fused-ring (bicyclic) bond motifs is 1. The molecule has 1 aliphatic rings. The first-order valence-electron chi connectivity index (χ1n) is 9.57. The van der Waals surface area contributed by atoms with Gasteiger partial charge in [0.15, 0.2) is 0 Å². The molecule has 0 N–H and O–H groups in total. The second-order valence-corrected chi connectivity index (χ2v) is 9.23. The Hall–Kier alpha value is -0.590. The van der Waals surface area contributed by atoms with Crippen molar-refractivity contribution in [3.63, 3.8) is 0 Å². The van der Waals surface area contributed by atoms with Gasteiger partial charge in [0.25, 0.3) is 0 Å². The van der Waals surface area contributed by atoms with E-state index < -0.39 is 0 Å². The van der Waals surface area contributed by atoms with Crippen LogP contribution in [-0.2, 0) is 25.8 Å². The molecule has 0 bridgehead atoms. The largest absolute Gasteiger partial charge is 4.00 e. The standard InChI is InChI=1S/C16H14P.C10H15.2ClH.Hf/c1-12-11-13-7-5-6-10-15(13)16(12)17-14-8-3-2-4-9-14;1-7-6-10(4,5)9(3)8(7)2;;;/h2-11,17H,1H3;1-5H3;2*1H;/q2*-1;;;+4/p-2. The van der Waals surface area contributed by atoms with E-state index in [9.17, 15) is 0 Å². The third-order valence-electron chi connectivity index (χ3n) is 5.60. The van der Waals surface area contributed by atoms with Crippen LogP contribution >= 0.6 is 8.58 Å². The van der Waals surface area contributed by atoms with Crippen molar-refractivity contribution in [2.75, 3.05) is 0 Å². The number of hydrogen-bond donors (Lipinski definition) is 0. The van der Waals surface area contributed by atoms with E-state index in [-0.39, 0.29) is 56.1 Å². The Balaban J connectivity index is 0.000000569. The van der Waals surface area contributed by atoms with Crippen molar-refractivity contribution < 1.29 is 50.7 Å². The summed E-state index contributed by atoms with van der Waals surface area (Å²) >= 11 is 0. The van der Waals surface area contributed by atoms with Gasteiger partial charge in [-0.15, -0.1) is 61.4 Å². The second kappa shape index (κ2) is 12.4. The molecular formula is C26H29Cl2HfP. The Kier molecular flexibility index (Phi) is 12.2. The summed E-state index contributed by atoms with van der Waals surface area (Å²) < 4.78 is 0. The molecule has 4 rings (SSSR count). The predicted molar refractivity (Wildman–Crippen MR) is 123 cm³/mol. The Labute approximate surface area is 215 Å². The molecule has 0 saturated carbocycles. The molecule has 0 heterocycles. The number of hydrogen-bond acceptors (Lipinski definition) is 0. The molecule has 0 spiro atoms. The smallest absolute Gasteiger partial charge is 1.00 e. The van der Waals surface area contributed by atoms with E-state index in [1.807, 2.05) is 0 Å². The van der Waals surface area contributed by atoms with Gasteiger partial charge in [-0.25, -0.2) is 5.57 Å². The molecule has 1 unspecified atom stereocenters. The molecular weight excluding hydrogens is 593 g/mol. The van der Waals surface area contributed by atoms with Crippen LogP contribution in [-0.4, -0.2) is 0 Å². The molecule has 0 aliphatic heterocycles. The van der Waals surface area contributed by atoms with E-state index in [2.05, 4.69) is 108 Å². The van der Waals surface area contributed by atoms with Gasteiger partial charge in [-0.2, -0.15) is 11.1 Å². The molecule has 4 heteroatoms. The molecule has 0 nitrogen and oxygen atoms in total. The van der Waals surface area contributed by atoms with E-state index in [0.29, 0.717) is 0 Å². The molecule has 3 aromatic carbocycles. The number of halogens is 2. The maximum Gasteiger partial charge on any atom is 4.00 e. The van der Waals surface area contributed by atoms with Gasteiger partial charge in [-0.05, 0) is 5.30 Å². The Bertz CT molecular complexity index is 1010. The summed E-state index contributed by atoms with van der Waals surface area (Å²) in [6, 6.07) is 21.7. The van der Waals surface area contributed by atoms with Crippen molar-refractivity contribution in [2.45, 2.75) is 41.5 Å². The summed E-state index contributed by atoms with van der Waals surface area (Å²) in [7, 11) is 0.754. The van der Waals surface area contributed by atoms with Crippen LogP contribution in [0.25, 0.3) is 10.8 Å². The fourth-order valence-electron chi connectivity index (χ4n) is 3.61. The number of rotatable bonds is 2. The molecule has 0 saturated heterocycles. The van der Waals surface area contributed by atoms with Gasteiger partial charge in [0.05, 0.1) is 0 Å².